The van der Waals surface area contributed by atoms with Crippen LogP contribution in [0.2, 0.25) is 0 Å². The highest BCUT2D eigenvalue weighted by Crippen LogP contribution is 2.28. The number of nitrogens with zero attached hydrogens (tertiary/aromatic N) is 4. The number of hydrogen-bond acceptors (Lipinski definition) is 6. The quantitative estimate of drug-likeness (QED) is 0.361. The largest absolute Gasteiger partial charge is 0.411 e. The van der Waals surface area contributed by atoms with Crippen molar-refractivity contribution in [1.29, 1.82) is 5.26 Å². The number of carbonyl (C=O) groups is 1. The fraction of sp³-hybridized carbons (Fsp3) is 0.231. The van der Waals surface area contributed by atoms with E-state index in [4.69, 9.17) is 4.42 Å². The van der Waals surface area contributed by atoms with E-state index >= 15 is 0 Å². The van der Waals surface area contributed by atoms with Crippen molar-refractivity contribution in [3.63, 3.8) is 0 Å². The summed E-state index contributed by atoms with van der Waals surface area (Å²) in [5.74, 6) is 0.752. The van der Waals surface area contributed by atoms with Crippen LogP contribution in [0.1, 0.15) is 33.5 Å². The minimum absolute atomic E-state index is 0.0774. The number of nitrogens with one attached hydrogen (secondary N) is 1. The molecule has 0 atom stereocenters. The Hall–Kier alpha value is -3.83. The van der Waals surface area contributed by atoms with E-state index in [9.17, 15) is 10.1 Å². The average molecular weight is 472 g/mol. The highest BCUT2D eigenvalue weighted by atomic mass is 32.2. The van der Waals surface area contributed by atoms with Crippen molar-refractivity contribution in [3.8, 4) is 17.5 Å². The standard InChI is InChI=1S/C26H25N5O2S/c1-16-10-11-21(12-17(16)2)25-29-30-26(33-25)34-15-23(32)28-24-22(13-27)18(3)19(4)31(24)14-20-8-6-5-7-9-20/h5-12H,14-15H2,1-4H3,(H,28,32). The molecule has 0 saturated heterocycles. The second-order valence-electron chi connectivity index (χ2n) is 8.13. The molecule has 4 rings (SSSR count). The van der Waals surface area contributed by atoms with Crippen LogP contribution >= 0.6 is 11.8 Å². The summed E-state index contributed by atoms with van der Waals surface area (Å²) in [6, 6.07) is 18.1. The maximum absolute atomic E-state index is 12.8. The summed E-state index contributed by atoms with van der Waals surface area (Å²) in [6.45, 7) is 8.48. The third-order valence-corrected chi connectivity index (χ3v) is 6.69. The van der Waals surface area contributed by atoms with Crippen LogP contribution in [0.5, 0.6) is 0 Å². The number of aryl methyl sites for hydroxylation is 2. The molecular formula is C26H25N5O2S. The zero-order valence-electron chi connectivity index (χ0n) is 19.5. The number of aromatic nitrogens is 3. The van der Waals surface area contributed by atoms with Gasteiger partial charge in [0.15, 0.2) is 0 Å². The molecule has 2 heterocycles. The second-order valence-corrected chi connectivity index (χ2v) is 9.05. The Balaban J connectivity index is 1.47. The number of amides is 1. The fourth-order valence-corrected chi connectivity index (χ4v) is 4.21. The van der Waals surface area contributed by atoms with Gasteiger partial charge in [0.2, 0.25) is 11.8 Å². The topological polar surface area (TPSA) is 96.7 Å². The molecule has 0 saturated carbocycles. The number of benzene rings is 2. The monoisotopic (exact) mass is 471 g/mol. The first-order chi connectivity index (χ1) is 16.4. The Bertz CT molecular complexity index is 1380. The minimum Gasteiger partial charge on any atom is -0.411 e. The number of hydrogen-bond donors (Lipinski definition) is 1. The highest BCUT2D eigenvalue weighted by Gasteiger charge is 2.20. The minimum atomic E-state index is -0.251. The summed E-state index contributed by atoms with van der Waals surface area (Å²) < 4.78 is 7.71. The molecule has 172 valence electrons. The summed E-state index contributed by atoms with van der Waals surface area (Å²) in [4.78, 5) is 12.8. The molecule has 0 unspecified atom stereocenters. The van der Waals surface area contributed by atoms with Gasteiger partial charge in [-0.15, -0.1) is 10.2 Å². The second kappa shape index (κ2) is 9.98. The lowest BCUT2D eigenvalue weighted by Gasteiger charge is -2.13. The number of rotatable bonds is 7. The van der Waals surface area contributed by atoms with Crippen molar-refractivity contribution in [1.82, 2.24) is 14.8 Å². The van der Waals surface area contributed by atoms with Crippen LogP contribution in [0.15, 0.2) is 58.2 Å². The van der Waals surface area contributed by atoms with E-state index in [2.05, 4.69) is 21.6 Å². The molecular weight excluding hydrogens is 446 g/mol. The first-order valence-corrected chi connectivity index (χ1v) is 11.8. The van der Waals surface area contributed by atoms with Crippen molar-refractivity contribution in [2.24, 2.45) is 0 Å². The molecule has 0 radical (unpaired) electrons. The number of anilines is 1. The maximum Gasteiger partial charge on any atom is 0.277 e. The Labute approximate surface area is 202 Å². The van der Waals surface area contributed by atoms with Crippen molar-refractivity contribution in [2.45, 2.75) is 39.5 Å². The van der Waals surface area contributed by atoms with Gasteiger partial charge >= 0.3 is 0 Å². The number of thioether (sulfide) groups is 1. The maximum atomic E-state index is 12.8. The van der Waals surface area contributed by atoms with Crippen LogP contribution in [-0.4, -0.2) is 26.4 Å². The van der Waals surface area contributed by atoms with E-state index in [1.807, 2.05) is 80.8 Å². The number of carbonyl (C=O) groups excluding carboxylic acids is 1. The smallest absolute Gasteiger partial charge is 0.277 e. The van der Waals surface area contributed by atoms with Gasteiger partial charge in [0, 0.05) is 17.8 Å². The molecule has 0 fully saturated rings. The van der Waals surface area contributed by atoms with Crippen LogP contribution in [0.25, 0.3) is 11.5 Å². The molecule has 0 bridgehead atoms. The van der Waals surface area contributed by atoms with Crippen molar-refractivity contribution in [3.05, 3.63) is 82.0 Å². The summed E-state index contributed by atoms with van der Waals surface area (Å²) in [7, 11) is 0. The Morgan fingerprint density at radius 3 is 2.56 bits per heavy atom. The molecule has 1 N–H and O–H groups in total. The van der Waals surface area contributed by atoms with Crippen LogP contribution in [0.4, 0.5) is 5.82 Å². The number of nitriles is 1. The first-order valence-electron chi connectivity index (χ1n) is 10.8. The molecule has 2 aromatic heterocycles. The van der Waals surface area contributed by atoms with E-state index in [1.54, 1.807) is 0 Å². The fourth-order valence-electron chi connectivity index (χ4n) is 3.65. The van der Waals surface area contributed by atoms with E-state index in [-0.39, 0.29) is 11.7 Å². The molecule has 8 heteroatoms. The SMILES string of the molecule is Cc1ccc(-c2nnc(SCC(=O)Nc3c(C#N)c(C)c(C)n3Cc3ccccc3)o2)cc1C. The van der Waals surface area contributed by atoms with Crippen molar-refractivity contribution < 1.29 is 9.21 Å². The van der Waals surface area contributed by atoms with Gasteiger partial charge in [-0.1, -0.05) is 48.2 Å². The Kier molecular flexibility index (Phi) is 6.85. The molecule has 0 aliphatic rings. The van der Waals surface area contributed by atoms with Gasteiger partial charge in [-0.05, 0) is 62.1 Å². The summed E-state index contributed by atoms with van der Waals surface area (Å²) in [6.07, 6.45) is 0. The lowest BCUT2D eigenvalue weighted by molar-refractivity contribution is -0.113. The summed E-state index contributed by atoms with van der Waals surface area (Å²) in [5, 5.41) is 21.1. The van der Waals surface area contributed by atoms with Gasteiger partial charge in [-0.25, -0.2) is 0 Å². The predicted molar refractivity (Wildman–Crippen MR) is 133 cm³/mol. The molecule has 0 aliphatic heterocycles. The molecule has 2 aromatic carbocycles. The molecule has 0 spiro atoms. The van der Waals surface area contributed by atoms with Crippen LogP contribution < -0.4 is 5.32 Å². The molecule has 0 aliphatic carbocycles. The Morgan fingerprint density at radius 1 is 1.09 bits per heavy atom. The lowest BCUT2D eigenvalue weighted by Crippen LogP contribution is -2.18. The molecule has 34 heavy (non-hydrogen) atoms. The van der Waals surface area contributed by atoms with Gasteiger partial charge in [0.25, 0.3) is 5.22 Å². The lowest BCUT2D eigenvalue weighted by atomic mass is 10.1. The van der Waals surface area contributed by atoms with Gasteiger partial charge in [-0.2, -0.15) is 5.26 Å². The van der Waals surface area contributed by atoms with Gasteiger partial charge in [0.1, 0.15) is 11.9 Å². The van der Waals surface area contributed by atoms with Crippen molar-refractivity contribution >= 4 is 23.5 Å². The van der Waals surface area contributed by atoms with Gasteiger partial charge < -0.3 is 14.3 Å². The van der Waals surface area contributed by atoms with Gasteiger partial charge in [-0.3, -0.25) is 4.79 Å². The average Bonchev–Trinajstić information content (AvgIpc) is 3.39. The normalized spacial score (nSPS) is 10.8. The van der Waals surface area contributed by atoms with Gasteiger partial charge in [0.05, 0.1) is 11.3 Å². The van der Waals surface area contributed by atoms with E-state index in [0.717, 1.165) is 39.7 Å². The summed E-state index contributed by atoms with van der Waals surface area (Å²) in [5.41, 5.74) is 6.53. The molecule has 1 amide bonds. The third-order valence-electron chi connectivity index (χ3n) is 5.87. The molecule has 4 aromatic rings. The Morgan fingerprint density at radius 2 is 1.85 bits per heavy atom. The highest BCUT2D eigenvalue weighted by molar-refractivity contribution is 7.99. The van der Waals surface area contributed by atoms with E-state index < -0.39 is 0 Å². The molecule has 7 nitrogen and oxygen atoms in total. The zero-order chi connectivity index (χ0) is 24.2. The van der Waals surface area contributed by atoms with Crippen LogP contribution in [0, 0.1) is 39.0 Å². The summed E-state index contributed by atoms with van der Waals surface area (Å²) >= 11 is 1.16. The van der Waals surface area contributed by atoms with E-state index in [0.29, 0.717) is 29.0 Å². The zero-order valence-corrected chi connectivity index (χ0v) is 20.4. The third kappa shape index (κ3) is 4.90. The van der Waals surface area contributed by atoms with E-state index in [1.165, 1.54) is 5.56 Å². The van der Waals surface area contributed by atoms with Crippen molar-refractivity contribution in [2.75, 3.05) is 11.1 Å². The predicted octanol–water partition coefficient (Wildman–Crippen LogP) is 5.42. The first kappa shape index (κ1) is 23.3. The van der Waals surface area contributed by atoms with Crippen LogP contribution in [-0.2, 0) is 11.3 Å². The van der Waals surface area contributed by atoms with Crippen LogP contribution in [0.3, 0.4) is 0 Å².